The van der Waals surface area contributed by atoms with Gasteiger partial charge in [-0.15, -0.1) is 0 Å². The van der Waals surface area contributed by atoms with Crippen molar-refractivity contribution in [3.8, 4) is 28.3 Å². The number of aromatic nitrogens is 3. The quantitative estimate of drug-likeness (QED) is 0.590. The van der Waals surface area contributed by atoms with Crippen LogP contribution in [0.3, 0.4) is 0 Å². The molecule has 0 amide bonds. The molecule has 0 radical (unpaired) electrons. The van der Waals surface area contributed by atoms with Crippen LogP contribution in [0, 0.1) is 0 Å². The van der Waals surface area contributed by atoms with E-state index in [0.717, 1.165) is 11.1 Å². The number of phenols is 1. The summed E-state index contributed by atoms with van der Waals surface area (Å²) in [6.07, 6.45) is 3.33. The van der Waals surface area contributed by atoms with E-state index in [1.165, 1.54) is 0 Å². The first-order valence-corrected chi connectivity index (χ1v) is 6.97. The van der Waals surface area contributed by atoms with Crippen LogP contribution in [0.1, 0.15) is 0 Å². The molecule has 0 fully saturated rings. The van der Waals surface area contributed by atoms with E-state index < -0.39 is 0 Å². The van der Waals surface area contributed by atoms with Crippen LogP contribution >= 0.6 is 0 Å². The van der Waals surface area contributed by atoms with Gasteiger partial charge in [-0.2, -0.15) is 4.98 Å². The summed E-state index contributed by atoms with van der Waals surface area (Å²) in [4.78, 5) is 12.7. The van der Waals surface area contributed by atoms with E-state index in [1.54, 1.807) is 48.8 Å². The zero-order valence-electron chi connectivity index (χ0n) is 12.0. The highest BCUT2D eigenvalue weighted by molar-refractivity contribution is 5.79. The third-order valence-electron chi connectivity index (χ3n) is 3.51. The van der Waals surface area contributed by atoms with E-state index in [2.05, 4.69) is 15.0 Å². The Kier molecular flexibility index (Phi) is 2.94. The summed E-state index contributed by atoms with van der Waals surface area (Å²) in [7, 11) is 0. The molecule has 0 bridgehead atoms. The van der Waals surface area contributed by atoms with Gasteiger partial charge in [-0.05, 0) is 35.9 Å². The second-order valence-electron chi connectivity index (χ2n) is 5.05. The predicted molar refractivity (Wildman–Crippen MR) is 86.5 cm³/mol. The number of benzene rings is 1. The summed E-state index contributed by atoms with van der Waals surface area (Å²) in [5.74, 6) is 0.922. The smallest absolute Gasteiger partial charge is 0.232 e. The normalized spacial score (nSPS) is 11.0. The van der Waals surface area contributed by atoms with Gasteiger partial charge in [-0.1, -0.05) is 12.1 Å². The Morgan fingerprint density at radius 3 is 2.61 bits per heavy atom. The van der Waals surface area contributed by atoms with Crippen LogP contribution in [0.15, 0.2) is 59.3 Å². The Morgan fingerprint density at radius 2 is 1.83 bits per heavy atom. The van der Waals surface area contributed by atoms with Gasteiger partial charge in [0.15, 0.2) is 11.2 Å². The fourth-order valence-corrected chi connectivity index (χ4v) is 2.34. The molecule has 1 aromatic carbocycles. The van der Waals surface area contributed by atoms with Gasteiger partial charge in [0.25, 0.3) is 0 Å². The van der Waals surface area contributed by atoms with E-state index in [0.29, 0.717) is 28.5 Å². The maximum atomic E-state index is 9.39. The fourth-order valence-electron chi connectivity index (χ4n) is 2.34. The molecule has 0 aliphatic heterocycles. The maximum Gasteiger partial charge on any atom is 0.232 e. The van der Waals surface area contributed by atoms with Crippen LogP contribution in [0.2, 0.25) is 0 Å². The second-order valence-corrected chi connectivity index (χ2v) is 5.05. The summed E-state index contributed by atoms with van der Waals surface area (Å²) in [5.41, 5.74) is 9.46. The number of nitrogens with two attached hydrogens (primary N) is 1. The minimum Gasteiger partial charge on any atom is -0.508 e. The molecule has 4 rings (SSSR count). The van der Waals surface area contributed by atoms with Crippen molar-refractivity contribution in [3.05, 3.63) is 54.9 Å². The van der Waals surface area contributed by atoms with Gasteiger partial charge in [0, 0.05) is 18.0 Å². The van der Waals surface area contributed by atoms with E-state index >= 15 is 0 Å². The molecule has 3 N–H and O–H groups in total. The van der Waals surface area contributed by atoms with Crippen LogP contribution in [0.5, 0.6) is 5.75 Å². The van der Waals surface area contributed by atoms with Crippen molar-refractivity contribution < 1.29 is 9.52 Å². The Labute approximate surface area is 131 Å². The SMILES string of the molecule is Nc1ncc(-c2ccc(O)cc2)cc1-c1nc2ncccc2o1. The van der Waals surface area contributed by atoms with Gasteiger partial charge in [0.1, 0.15) is 11.6 Å². The lowest BCUT2D eigenvalue weighted by atomic mass is 10.1. The second kappa shape index (κ2) is 5.10. The largest absolute Gasteiger partial charge is 0.508 e. The molecule has 6 heteroatoms. The maximum absolute atomic E-state index is 9.39. The summed E-state index contributed by atoms with van der Waals surface area (Å²) in [5, 5.41) is 9.39. The zero-order chi connectivity index (χ0) is 15.8. The third kappa shape index (κ3) is 2.36. The number of anilines is 1. The molecule has 0 atom stereocenters. The Morgan fingerprint density at radius 1 is 1.00 bits per heavy atom. The van der Waals surface area contributed by atoms with E-state index in [4.69, 9.17) is 10.2 Å². The average molecular weight is 304 g/mol. The van der Waals surface area contributed by atoms with E-state index in [9.17, 15) is 5.11 Å². The molecule has 0 unspecified atom stereocenters. The summed E-state index contributed by atoms with van der Waals surface area (Å²) in [6.45, 7) is 0. The van der Waals surface area contributed by atoms with Crippen molar-refractivity contribution in [2.45, 2.75) is 0 Å². The van der Waals surface area contributed by atoms with Crippen LogP contribution in [0.25, 0.3) is 33.8 Å². The molecule has 3 aromatic heterocycles. The summed E-state index contributed by atoms with van der Waals surface area (Å²) in [6, 6.07) is 12.3. The molecular formula is C17H12N4O2. The average Bonchev–Trinajstić information content (AvgIpc) is 3.00. The van der Waals surface area contributed by atoms with E-state index in [-0.39, 0.29) is 5.75 Å². The topological polar surface area (TPSA) is 98.1 Å². The number of aromatic hydroxyl groups is 1. The third-order valence-corrected chi connectivity index (χ3v) is 3.51. The molecule has 3 heterocycles. The van der Waals surface area contributed by atoms with Crippen molar-refractivity contribution in [2.75, 3.05) is 5.73 Å². The number of hydrogen-bond acceptors (Lipinski definition) is 6. The number of nitrogen functional groups attached to an aromatic ring is 1. The molecule has 0 aliphatic rings. The number of oxazole rings is 1. The first-order chi connectivity index (χ1) is 11.2. The lowest BCUT2D eigenvalue weighted by molar-refractivity contribution is 0.475. The molecule has 23 heavy (non-hydrogen) atoms. The monoisotopic (exact) mass is 304 g/mol. The van der Waals surface area contributed by atoms with E-state index in [1.807, 2.05) is 6.07 Å². The van der Waals surface area contributed by atoms with Gasteiger partial charge < -0.3 is 15.3 Å². The van der Waals surface area contributed by atoms with Crippen LogP contribution in [-0.2, 0) is 0 Å². The number of phenolic OH excluding ortho intramolecular Hbond substituents is 1. The number of hydrogen-bond donors (Lipinski definition) is 2. The molecule has 0 saturated carbocycles. The van der Waals surface area contributed by atoms with Gasteiger partial charge in [0.2, 0.25) is 5.89 Å². The number of nitrogens with zero attached hydrogens (tertiary/aromatic N) is 3. The molecule has 0 spiro atoms. The molecule has 112 valence electrons. The standard InChI is InChI=1S/C17H12N4O2/c18-15-13(17-21-16-14(23-17)2-1-7-19-16)8-11(9-20-15)10-3-5-12(22)6-4-10/h1-9,22H,(H2,18,20). The van der Waals surface area contributed by atoms with Crippen LogP contribution in [0.4, 0.5) is 5.82 Å². The number of pyridine rings is 2. The molecular weight excluding hydrogens is 292 g/mol. The number of rotatable bonds is 2. The Bertz CT molecular complexity index is 960. The Hall–Kier alpha value is -3.41. The van der Waals surface area contributed by atoms with Gasteiger partial charge in [-0.25, -0.2) is 9.97 Å². The highest BCUT2D eigenvalue weighted by atomic mass is 16.3. The lowest BCUT2D eigenvalue weighted by Crippen LogP contribution is -1.95. The van der Waals surface area contributed by atoms with Crippen molar-refractivity contribution in [3.63, 3.8) is 0 Å². The van der Waals surface area contributed by atoms with Gasteiger partial charge in [0.05, 0.1) is 5.56 Å². The summed E-state index contributed by atoms with van der Waals surface area (Å²) >= 11 is 0. The highest BCUT2D eigenvalue weighted by Gasteiger charge is 2.14. The van der Waals surface area contributed by atoms with Gasteiger partial charge >= 0.3 is 0 Å². The fraction of sp³-hybridized carbons (Fsp3) is 0. The van der Waals surface area contributed by atoms with Gasteiger partial charge in [-0.3, -0.25) is 0 Å². The first kappa shape index (κ1) is 13.3. The zero-order valence-corrected chi connectivity index (χ0v) is 12.0. The van der Waals surface area contributed by atoms with Crippen molar-refractivity contribution in [1.29, 1.82) is 0 Å². The van der Waals surface area contributed by atoms with Crippen molar-refractivity contribution in [2.24, 2.45) is 0 Å². The van der Waals surface area contributed by atoms with Crippen molar-refractivity contribution >= 4 is 17.0 Å². The predicted octanol–water partition coefficient (Wildman–Crippen LogP) is 3.24. The van der Waals surface area contributed by atoms with Crippen LogP contribution < -0.4 is 5.73 Å². The molecule has 0 saturated heterocycles. The van der Waals surface area contributed by atoms with Crippen molar-refractivity contribution in [1.82, 2.24) is 15.0 Å². The Balaban J connectivity index is 1.84. The molecule has 4 aromatic rings. The number of fused-ring (bicyclic) bond motifs is 1. The molecule has 0 aliphatic carbocycles. The van der Waals surface area contributed by atoms with Crippen LogP contribution in [-0.4, -0.2) is 20.1 Å². The minimum absolute atomic E-state index is 0.211. The minimum atomic E-state index is 0.211. The molecule has 6 nitrogen and oxygen atoms in total. The summed E-state index contributed by atoms with van der Waals surface area (Å²) < 4.78 is 5.71. The first-order valence-electron chi connectivity index (χ1n) is 6.97. The highest BCUT2D eigenvalue weighted by Crippen LogP contribution is 2.31. The lowest BCUT2D eigenvalue weighted by Gasteiger charge is -2.05.